The van der Waals surface area contributed by atoms with Crippen molar-refractivity contribution in [2.45, 2.75) is 38.8 Å². The van der Waals surface area contributed by atoms with E-state index in [9.17, 15) is 4.79 Å². The number of carbonyl (C=O) groups excluding carboxylic acids is 1. The molecule has 1 aliphatic rings. The first-order valence-corrected chi connectivity index (χ1v) is 8.01. The standard InChI is InChI=1S/C17H21ClN2O2/c1-9(2)6-14-16-12(8-15(19-14)17(21)22-3)11-5-4-10(18)7-13(11)20-16/h4-5,7,9,14-15,19-20H,6,8H2,1-3H3/t14?,15-/m0/s1. The molecule has 5 heteroatoms. The lowest BCUT2D eigenvalue weighted by Gasteiger charge is -2.31. The molecule has 2 N–H and O–H groups in total. The maximum atomic E-state index is 12.0. The molecule has 22 heavy (non-hydrogen) atoms. The minimum Gasteiger partial charge on any atom is -0.468 e. The summed E-state index contributed by atoms with van der Waals surface area (Å²) in [5.41, 5.74) is 3.40. The Balaban J connectivity index is 2.08. The van der Waals surface area contributed by atoms with Crippen LogP contribution < -0.4 is 5.32 Å². The Morgan fingerprint density at radius 3 is 2.91 bits per heavy atom. The highest BCUT2D eigenvalue weighted by atomic mass is 35.5. The van der Waals surface area contributed by atoms with Crippen molar-refractivity contribution < 1.29 is 9.53 Å². The lowest BCUT2D eigenvalue weighted by atomic mass is 9.90. The number of esters is 1. The van der Waals surface area contributed by atoms with Crippen LogP contribution >= 0.6 is 11.6 Å². The maximum absolute atomic E-state index is 12.0. The Bertz CT molecular complexity index is 708. The third-order valence-corrected chi connectivity index (χ3v) is 4.49. The zero-order valence-corrected chi connectivity index (χ0v) is 13.8. The van der Waals surface area contributed by atoms with Crippen LogP contribution in [-0.4, -0.2) is 24.1 Å². The molecule has 1 aromatic carbocycles. The molecule has 4 nitrogen and oxygen atoms in total. The average Bonchev–Trinajstić information content (AvgIpc) is 2.83. The third kappa shape index (κ3) is 2.73. The predicted molar refractivity (Wildman–Crippen MR) is 88.1 cm³/mol. The van der Waals surface area contributed by atoms with Crippen LogP contribution in [0.1, 0.15) is 37.6 Å². The highest BCUT2D eigenvalue weighted by Gasteiger charge is 2.33. The Labute approximate surface area is 135 Å². The molecule has 118 valence electrons. The number of nitrogens with one attached hydrogen (secondary N) is 2. The van der Waals surface area contributed by atoms with E-state index in [-0.39, 0.29) is 18.1 Å². The minimum absolute atomic E-state index is 0.124. The molecular formula is C17H21ClN2O2. The fourth-order valence-electron chi connectivity index (χ4n) is 3.31. The van der Waals surface area contributed by atoms with Gasteiger partial charge in [0.15, 0.2) is 0 Å². The van der Waals surface area contributed by atoms with E-state index in [1.165, 1.54) is 18.4 Å². The molecule has 0 aliphatic carbocycles. The van der Waals surface area contributed by atoms with Gasteiger partial charge in [-0.1, -0.05) is 31.5 Å². The summed E-state index contributed by atoms with van der Waals surface area (Å²) in [6.07, 6.45) is 1.60. The van der Waals surface area contributed by atoms with Crippen molar-refractivity contribution in [3.05, 3.63) is 34.5 Å². The maximum Gasteiger partial charge on any atom is 0.323 e. The van der Waals surface area contributed by atoms with Gasteiger partial charge in [-0.2, -0.15) is 0 Å². The lowest BCUT2D eigenvalue weighted by Crippen LogP contribution is -2.45. The predicted octanol–water partition coefficient (Wildman–Crippen LogP) is 3.60. The van der Waals surface area contributed by atoms with Gasteiger partial charge in [0.25, 0.3) is 0 Å². The first kappa shape index (κ1) is 15.4. The fourth-order valence-corrected chi connectivity index (χ4v) is 3.48. The molecule has 0 amide bonds. The van der Waals surface area contributed by atoms with Gasteiger partial charge in [0.05, 0.1) is 7.11 Å². The van der Waals surface area contributed by atoms with Gasteiger partial charge < -0.3 is 9.72 Å². The number of fused-ring (bicyclic) bond motifs is 3. The van der Waals surface area contributed by atoms with Crippen molar-refractivity contribution >= 4 is 28.5 Å². The molecule has 1 aromatic heterocycles. The van der Waals surface area contributed by atoms with Gasteiger partial charge in [-0.25, -0.2) is 0 Å². The number of halogens is 1. The van der Waals surface area contributed by atoms with Crippen LogP contribution in [0.3, 0.4) is 0 Å². The van der Waals surface area contributed by atoms with E-state index in [0.29, 0.717) is 17.4 Å². The second-order valence-corrected chi connectivity index (χ2v) is 6.77. The van der Waals surface area contributed by atoms with Crippen molar-refractivity contribution in [1.29, 1.82) is 0 Å². The van der Waals surface area contributed by atoms with Crippen molar-refractivity contribution in [3.8, 4) is 0 Å². The Kier molecular flexibility index (Phi) is 4.15. The van der Waals surface area contributed by atoms with E-state index in [0.717, 1.165) is 17.3 Å². The van der Waals surface area contributed by atoms with Crippen LogP contribution in [-0.2, 0) is 16.0 Å². The molecular weight excluding hydrogens is 300 g/mol. The molecule has 2 atom stereocenters. The van der Waals surface area contributed by atoms with Gasteiger partial charge in [-0.05, 0) is 30.0 Å². The van der Waals surface area contributed by atoms with E-state index < -0.39 is 0 Å². The number of aromatic nitrogens is 1. The molecule has 2 heterocycles. The molecule has 0 radical (unpaired) electrons. The number of carbonyl (C=O) groups is 1. The van der Waals surface area contributed by atoms with Crippen molar-refractivity contribution in [2.75, 3.05) is 7.11 Å². The SMILES string of the molecule is COC(=O)[C@@H]1Cc2c([nH]c3cc(Cl)ccc23)C(CC(C)C)N1. The molecule has 1 aliphatic heterocycles. The van der Waals surface area contributed by atoms with Gasteiger partial charge in [-0.3, -0.25) is 10.1 Å². The van der Waals surface area contributed by atoms with Crippen LogP contribution in [0.2, 0.25) is 5.02 Å². The van der Waals surface area contributed by atoms with E-state index in [4.69, 9.17) is 16.3 Å². The topological polar surface area (TPSA) is 54.1 Å². The summed E-state index contributed by atoms with van der Waals surface area (Å²) in [6, 6.07) is 5.69. The van der Waals surface area contributed by atoms with Gasteiger partial charge in [0, 0.05) is 34.1 Å². The van der Waals surface area contributed by atoms with E-state index in [2.05, 4.69) is 24.1 Å². The van der Waals surface area contributed by atoms with Crippen LogP contribution in [0.4, 0.5) is 0 Å². The normalized spacial score (nSPS) is 21.1. The number of aromatic amines is 1. The largest absolute Gasteiger partial charge is 0.468 e. The zero-order chi connectivity index (χ0) is 15.9. The number of hydrogen-bond acceptors (Lipinski definition) is 3. The summed E-state index contributed by atoms with van der Waals surface area (Å²) in [4.78, 5) is 15.5. The van der Waals surface area contributed by atoms with Gasteiger partial charge in [0.1, 0.15) is 6.04 Å². The van der Waals surface area contributed by atoms with Crippen LogP contribution in [0.15, 0.2) is 18.2 Å². The molecule has 1 unspecified atom stereocenters. The van der Waals surface area contributed by atoms with E-state index >= 15 is 0 Å². The second-order valence-electron chi connectivity index (χ2n) is 6.34. The number of ether oxygens (including phenoxy) is 1. The van der Waals surface area contributed by atoms with Crippen molar-refractivity contribution in [3.63, 3.8) is 0 Å². The van der Waals surface area contributed by atoms with Crippen molar-refractivity contribution in [2.24, 2.45) is 5.92 Å². The Morgan fingerprint density at radius 1 is 1.45 bits per heavy atom. The van der Waals surface area contributed by atoms with E-state index in [1.807, 2.05) is 18.2 Å². The number of benzene rings is 1. The molecule has 0 bridgehead atoms. The van der Waals surface area contributed by atoms with Crippen LogP contribution in [0, 0.1) is 5.92 Å². The highest BCUT2D eigenvalue weighted by Crippen LogP contribution is 2.35. The summed E-state index contributed by atoms with van der Waals surface area (Å²) in [6.45, 7) is 4.37. The quantitative estimate of drug-likeness (QED) is 0.850. The Hall–Kier alpha value is -1.52. The van der Waals surface area contributed by atoms with E-state index in [1.54, 1.807) is 0 Å². The molecule has 0 saturated carbocycles. The molecule has 2 aromatic rings. The number of hydrogen-bond donors (Lipinski definition) is 2. The van der Waals surface area contributed by atoms with Crippen molar-refractivity contribution in [1.82, 2.24) is 10.3 Å². The second kappa shape index (κ2) is 5.94. The lowest BCUT2D eigenvalue weighted by molar-refractivity contribution is -0.143. The van der Waals surface area contributed by atoms with Gasteiger partial charge in [0.2, 0.25) is 0 Å². The number of methoxy groups -OCH3 is 1. The smallest absolute Gasteiger partial charge is 0.323 e. The minimum atomic E-state index is -0.295. The summed E-state index contributed by atoms with van der Waals surface area (Å²) >= 11 is 6.09. The molecule has 3 rings (SSSR count). The molecule has 0 spiro atoms. The molecule has 0 saturated heterocycles. The monoisotopic (exact) mass is 320 g/mol. The average molecular weight is 321 g/mol. The Morgan fingerprint density at radius 2 is 2.23 bits per heavy atom. The number of rotatable bonds is 3. The summed E-state index contributed by atoms with van der Waals surface area (Å²) < 4.78 is 4.93. The fraction of sp³-hybridized carbons (Fsp3) is 0.471. The first-order valence-electron chi connectivity index (χ1n) is 7.63. The first-order chi connectivity index (χ1) is 10.5. The summed E-state index contributed by atoms with van der Waals surface area (Å²) in [5.74, 6) is 0.319. The number of H-pyrrole nitrogens is 1. The van der Waals surface area contributed by atoms with Crippen LogP contribution in [0.5, 0.6) is 0 Å². The zero-order valence-electron chi connectivity index (χ0n) is 13.1. The molecule has 0 fully saturated rings. The summed E-state index contributed by atoms with van der Waals surface area (Å²) in [5, 5.41) is 5.28. The van der Waals surface area contributed by atoms with Gasteiger partial charge in [-0.15, -0.1) is 0 Å². The highest BCUT2D eigenvalue weighted by molar-refractivity contribution is 6.31. The third-order valence-electron chi connectivity index (χ3n) is 4.25. The van der Waals surface area contributed by atoms with Crippen LogP contribution in [0.25, 0.3) is 10.9 Å². The van der Waals surface area contributed by atoms with Gasteiger partial charge >= 0.3 is 5.97 Å². The summed E-state index contributed by atoms with van der Waals surface area (Å²) in [7, 11) is 1.44.